The third kappa shape index (κ3) is 1.46. The third-order valence-electron chi connectivity index (χ3n) is 1.70. The molecule has 13 heavy (non-hydrogen) atoms. The zero-order valence-electron chi connectivity index (χ0n) is 6.76. The highest BCUT2D eigenvalue weighted by atomic mass is 19.2. The van der Waals surface area contributed by atoms with Crippen LogP contribution in [0.15, 0.2) is 24.1 Å². The first-order valence-electron chi connectivity index (χ1n) is 3.48. The molecule has 2 atom stereocenters. The van der Waals surface area contributed by atoms with Gasteiger partial charge < -0.3 is 4.74 Å². The van der Waals surface area contributed by atoms with Gasteiger partial charge in [0.1, 0.15) is 5.83 Å². The summed E-state index contributed by atoms with van der Waals surface area (Å²) in [5, 5.41) is 0. The van der Waals surface area contributed by atoms with Crippen molar-refractivity contribution in [3.8, 4) is 0 Å². The van der Waals surface area contributed by atoms with E-state index in [1.165, 1.54) is 0 Å². The normalized spacial score (nSPS) is 32.6. The standard InChI is InChI=1S/C8H7F3O2/c1-13-7(12)8(11)4-2-3-5(9)6(8)10/h2-4,6H,1H3. The Morgan fingerprint density at radius 3 is 2.85 bits per heavy atom. The number of allylic oxidation sites excluding steroid dienone is 3. The van der Waals surface area contributed by atoms with Gasteiger partial charge in [0.15, 0.2) is 6.17 Å². The highest BCUT2D eigenvalue weighted by molar-refractivity contribution is 5.84. The molecule has 5 heteroatoms. The number of methoxy groups -OCH3 is 1. The van der Waals surface area contributed by atoms with Crippen molar-refractivity contribution in [1.29, 1.82) is 0 Å². The Morgan fingerprint density at radius 1 is 1.69 bits per heavy atom. The van der Waals surface area contributed by atoms with Crippen LogP contribution in [0.5, 0.6) is 0 Å². The van der Waals surface area contributed by atoms with E-state index in [4.69, 9.17) is 0 Å². The van der Waals surface area contributed by atoms with Gasteiger partial charge in [-0.25, -0.2) is 18.0 Å². The second kappa shape index (κ2) is 3.24. The molecule has 0 radical (unpaired) electrons. The minimum Gasteiger partial charge on any atom is -0.466 e. The van der Waals surface area contributed by atoms with E-state index in [0.29, 0.717) is 6.08 Å². The topological polar surface area (TPSA) is 26.3 Å². The monoisotopic (exact) mass is 192 g/mol. The van der Waals surface area contributed by atoms with Crippen LogP contribution in [-0.2, 0) is 9.53 Å². The van der Waals surface area contributed by atoms with Crippen LogP contribution in [0.1, 0.15) is 0 Å². The summed E-state index contributed by atoms with van der Waals surface area (Å²) >= 11 is 0. The molecule has 0 N–H and O–H groups in total. The number of carbonyl (C=O) groups excluding carboxylic acids is 1. The van der Waals surface area contributed by atoms with E-state index in [2.05, 4.69) is 4.74 Å². The Labute approximate surface area is 72.7 Å². The van der Waals surface area contributed by atoms with Gasteiger partial charge >= 0.3 is 5.97 Å². The Balaban J connectivity index is 2.99. The molecule has 0 bridgehead atoms. The van der Waals surface area contributed by atoms with Crippen LogP contribution in [0.4, 0.5) is 13.2 Å². The first kappa shape index (κ1) is 9.83. The molecule has 0 saturated carbocycles. The molecule has 0 spiro atoms. The smallest absolute Gasteiger partial charge is 0.351 e. The molecule has 1 aliphatic rings. The number of hydrogen-bond donors (Lipinski definition) is 0. The van der Waals surface area contributed by atoms with E-state index in [1.54, 1.807) is 0 Å². The molecule has 0 heterocycles. The van der Waals surface area contributed by atoms with Crippen LogP contribution in [0.2, 0.25) is 0 Å². The van der Waals surface area contributed by atoms with Crippen LogP contribution < -0.4 is 0 Å². The second-order valence-electron chi connectivity index (χ2n) is 2.53. The molecule has 1 aliphatic carbocycles. The molecule has 0 fully saturated rings. The Bertz CT molecular complexity index is 285. The summed E-state index contributed by atoms with van der Waals surface area (Å²) in [6, 6.07) is 0. The lowest BCUT2D eigenvalue weighted by atomic mass is 9.95. The Kier molecular flexibility index (Phi) is 2.45. The van der Waals surface area contributed by atoms with Gasteiger partial charge in [-0.2, -0.15) is 0 Å². The van der Waals surface area contributed by atoms with Gasteiger partial charge in [-0.05, 0) is 12.2 Å². The third-order valence-corrected chi connectivity index (χ3v) is 1.70. The van der Waals surface area contributed by atoms with Gasteiger partial charge in [0.2, 0.25) is 0 Å². The molecule has 0 aromatic heterocycles. The molecule has 0 aromatic rings. The minimum absolute atomic E-state index is 0.632. The van der Waals surface area contributed by atoms with Crippen LogP contribution in [0.3, 0.4) is 0 Å². The molecule has 72 valence electrons. The van der Waals surface area contributed by atoms with Crippen LogP contribution in [-0.4, -0.2) is 24.9 Å². The highest BCUT2D eigenvalue weighted by Crippen LogP contribution is 2.32. The van der Waals surface area contributed by atoms with Crippen molar-refractivity contribution in [2.24, 2.45) is 0 Å². The number of ether oxygens (including phenoxy) is 1. The summed E-state index contributed by atoms with van der Waals surface area (Å²) in [7, 11) is 0.903. The van der Waals surface area contributed by atoms with Gasteiger partial charge in [0.05, 0.1) is 7.11 Å². The van der Waals surface area contributed by atoms with Crippen molar-refractivity contribution >= 4 is 5.97 Å². The molecular formula is C8H7F3O2. The number of alkyl halides is 2. The van der Waals surface area contributed by atoms with Crippen molar-refractivity contribution in [2.45, 2.75) is 11.8 Å². The van der Waals surface area contributed by atoms with E-state index in [9.17, 15) is 18.0 Å². The lowest BCUT2D eigenvalue weighted by molar-refractivity contribution is -0.154. The maximum atomic E-state index is 13.4. The zero-order chi connectivity index (χ0) is 10.1. The predicted molar refractivity (Wildman–Crippen MR) is 39.1 cm³/mol. The summed E-state index contributed by atoms with van der Waals surface area (Å²) in [5.74, 6) is -2.77. The molecule has 0 aliphatic heterocycles. The van der Waals surface area contributed by atoms with E-state index in [-0.39, 0.29) is 0 Å². The number of hydrogen-bond acceptors (Lipinski definition) is 2. The van der Waals surface area contributed by atoms with Crippen molar-refractivity contribution in [2.75, 3.05) is 7.11 Å². The fourth-order valence-corrected chi connectivity index (χ4v) is 0.978. The van der Waals surface area contributed by atoms with Crippen molar-refractivity contribution in [1.82, 2.24) is 0 Å². The highest BCUT2D eigenvalue weighted by Gasteiger charge is 2.49. The molecule has 2 nitrogen and oxygen atoms in total. The fourth-order valence-electron chi connectivity index (χ4n) is 0.978. The Hall–Kier alpha value is -1.26. The summed E-state index contributed by atoms with van der Waals surface area (Å²) in [6.07, 6.45) is -0.301. The molecule has 0 aromatic carbocycles. The van der Waals surface area contributed by atoms with Crippen LogP contribution >= 0.6 is 0 Å². The fraction of sp³-hybridized carbons (Fsp3) is 0.375. The largest absolute Gasteiger partial charge is 0.466 e. The predicted octanol–water partition coefficient (Wildman–Crippen LogP) is 1.63. The van der Waals surface area contributed by atoms with E-state index in [0.717, 1.165) is 19.3 Å². The van der Waals surface area contributed by atoms with Crippen LogP contribution in [0, 0.1) is 0 Å². The summed E-state index contributed by atoms with van der Waals surface area (Å²) in [6.45, 7) is 0. The quantitative estimate of drug-likeness (QED) is 0.590. The molecule has 0 amide bonds. The first-order chi connectivity index (χ1) is 6.02. The summed E-state index contributed by atoms with van der Waals surface area (Å²) in [4.78, 5) is 10.8. The molecule has 1 rings (SSSR count). The average molecular weight is 192 g/mol. The van der Waals surface area contributed by atoms with Crippen molar-refractivity contribution in [3.05, 3.63) is 24.1 Å². The molecule has 2 unspecified atom stereocenters. The van der Waals surface area contributed by atoms with Gasteiger partial charge in [-0.15, -0.1) is 0 Å². The summed E-state index contributed by atoms with van der Waals surface area (Å²) < 4.78 is 42.9. The van der Waals surface area contributed by atoms with Gasteiger partial charge in [0, 0.05) is 0 Å². The number of esters is 1. The van der Waals surface area contributed by atoms with E-state index < -0.39 is 23.6 Å². The summed E-state index contributed by atoms with van der Waals surface area (Å²) in [5.41, 5.74) is -3.03. The van der Waals surface area contributed by atoms with E-state index >= 15 is 0 Å². The van der Waals surface area contributed by atoms with Crippen molar-refractivity contribution < 1.29 is 22.7 Å². The Morgan fingerprint density at radius 2 is 2.31 bits per heavy atom. The second-order valence-corrected chi connectivity index (χ2v) is 2.53. The van der Waals surface area contributed by atoms with Gasteiger partial charge in [0.25, 0.3) is 5.67 Å². The van der Waals surface area contributed by atoms with E-state index in [1.807, 2.05) is 0 Å². The van der Waals surface area contributed by atoms with Gasteiger partial charge in [-0.1, -0.05) is 6.08 Å². The SMILES string of the molecule is COC(=O)C1(F)C=CC=C(F)C1F. The van der Waals surface area contributed by atoms with Crippen molar-refractivity contribution in [3.63, 3.8) is 0 Å². The number of halogens is 3. The zero-order valence-corrected chi connectivity index (χ0v) is 6.76. The number of rotatable bonds is 1. The maximum absolute atomic E-state index is 13.4. The van der Waals surface area contributed by atoms with Crippen LogP contribution in [0.25, 0.3) is 0 Å². The average Bonchev–Trinajstić information content (AvgIpc) is 2.13. The maximum Gasteiger partial charge on any atom is 0.351 e. The minimum atomic E-state index is -3.03. The lowest BCUT2D eigenvalue weighted by Crippen LogP contribution is -2.43. The number of carbonyl (C=O) groups is 1. The lowest BCUT2D eigenvalue weighted by Gasteiger charge is -2.23. The van der Waals surface area contributed by atoms with Gasteiger partial charge in [-0.3, -0.25) is 0 Å². The first-order valence-corrected chi connectivity index (χ1v) is 3.48. The molecule has 0 saturated heterocycles. The molecular weight excluding hydrogens is 185 g/mol.